The molecule has 5 rings (SSSR count). The highest BCUT2D eigenvalue weighted by Gasteiger charge is 2.21. The fourth-order valence-electron chi connectivity index (χ4n) is 3.94. The Balaban J connectivity index is 1.85. The van der Waals surface area contributed by atoms with Crippen LogP contribution < -0.4 is 10.5 Å². The van der Waals surface area contributed by atoms with Gasteiger partial charge < -0.3 is 9.64 Å². The Morgan fingerprint density at radius 1 is 0.871 bits per heavy atom. The molecule has 0 radical (unpaired) electrons. The van der Waals surface area contributed by atoms with Gasteiger partial charge in [-0.3, -0.25) is 9.36 Å². The lowest BCUT2D eigenvalue weighted by Crippen LogP contribution is -2.37. The van der Waals surface area contributed by atoms with Crippen LogP contribution in [0.25, 0.3) is 28.0 Å². The lowest BCUT2D eigenvalue weighted by atomic mass is 10.1. The summed E-state index contributed by atoms with van der Waals surface area (Å²) in [5, 5.41) is 0.553. The number of hydrogen-bond donors (Lipinski definition) is 0. The molecule has 1 aliphatic heterocycles. The zero-order valence-electron chi connectivity index (χ0n) is 16.6. The second kappa shape index (κ2) is 8.57. The zero-order chi connectivity index (χ0) is 21.4. The summed E-state index contributed by atoms with van der Waals surface area (Å²) in [4.78, 5) is 21.1. The Morgan fingerprint density at radius 2 is 1.55 bits per heavy atom. The average molecular weight is 541 g/mol. The first kappa shape index (κ1) is 20.4. The van der Waals surface area contributed by atoms with Crippen LogP contribution in [0, 0.1) is 0 Å². The molecule has 1 aromatic heterocycles. The highest BCUT2D eigenvalue weighted by atomic mass is 79.9. The van der Waals surface area contributed by atoms with Crippen molar-refractivity contribution in [1.82, 2.24) is 9.55 Å². The Bertz CT molecular complexity index is 1320. The van der Waals surface area contributed by atoms with E-state index >= 15 is 0 Å². The van der Waals surface area contributed by atoms with Gasteiger partial charge in [-0.05, 0) is 40.2 Å². The molecule has 156 valence electrons. The first-order valence-corrected chi connectivity index (χ1v) is 11.6. The third-order valence-electron chi connectivity index (χ3n) is 5.40. The number of aromatic nitrogens is 2. The Kier molecular flexibility index (Phi) is 5.65. The number of benzene rings is 3. The molecular weight excluding hydrogens is 522 g/mol. The molecule has 0 unspecified atom stereocenters. The van der Waals surface area contributed by atoms with Crippen LogP contribution in [0.3, 0.4) is 0 Å². The van der Waals surface area contributed by atoms with Crippen LogP contribution in [0.2, 0.25) is 0 Å². The number of halogens is 2. The lowest BCUT2D eigenvalue weighted by Gasteiger charge is -2.31. The van der Waals surface area contributed by atoms with Crippen molar-refractivity contribution >= 4 is 48.5 Å². The SMILES string of the molecule is O=c1c2cc(Br)cc(Br)c2nc(-c2ccccc2)n1-c1ccccc1N1CCOCC1. The molecule has 3 aromatic carbocycles. The van der Waals surface area contributed by atoms with Crippen LogP contribution in [-0.2, 0) is 4.74 Å². The fourth-order valence-corrected chi connectivity index (χ4v) is 5.26. The van der Waals surface area contributed by atoms with Crippen molar-refractivity contribution in [3.8, 4) is 17.1 Å². The summed E-state index contributed by atoms with van der Waals surface area (Å²) in [6.07, 6.45) is 0. The molecule has 7 heteroatoms. The highest BCUT2D eigenvalue weighted by Crippen LogP contribution is 2.32. The number of hydrogen-bond acceptors (Lipinski definition) is 4. The van der Waals surface area contributed by atoms with Crippen LogP contribution in [0.15, 0.2) is 80.5 Å². The smallest absolute Gasteiger partial charge is 0.266 e. The third-order valence-corrected chi connectivity index (χ3v) is 6.46. The maximum absolute atomic E-state index is 13.9. The van der Waals surface area contributed by atoms with Crippen molar-refractivity contribution in [1.29, 1.82) is 0 Å². The molecule has 4 aromatic rings. The lowest BCUT2D eigenvalue weighted by molar-refractivity contribution is 0.122. The fraction of sp³-hybridized carbons (Fsp3) is 0.167. The van der Waals surface area contributed by atoms with Gasteiger partial charge in [0, 0.05) is 27.6 Å². The van der Waals surface area contributed by atoms with Crippen molar-refractivity contribution in [3.05, 3.63) is 86.0 Å². The monoisotopic (exact) mass is 539 g/mol. The zero-order valence-corrected chi connectivity index (χ0v) is 19.8. The van der Waals surface area contributed by atoms with E-state index in [4.69, 9.17) is 9.72 Å². The Labute approximate surface area is 196 Å². The maximum atomic E-state index is 13.9. The largest absolute Gasteiger partial charge is 0.378 e. The molecule has 0 atom stereocenters. The topological polar surface area (TPSA) is 47.4 Å². The van der Waals surface area contributed by atoms with E-state index in [9.17, 15) is 4.79 Å². The molecule has 0 amide bonds. The van der Waals surface area contributed by atoms with Gasteiger partial charge in [0.2, 0.25) is 0 Å². The van der Waals surface area contributed by atoms with Crippen LogP contribution in [-0.4, -0.2) is 35.9 Å². The molecule has 0 bridgehead atoms. The third kappa shape index (κ3) is 3.82. The normalized spacial score (nSPS) is 14.2. The second-order valence-corrected chi connectivity index (χ2v) is 9.08. The van der Waals surface area contributed by atoms with Crippen molar-refractivity contribution in [2.75, 3.05) is 31.2 Å². The molecule has 0 spiro atoms. The minimum Gasteiger partial charge on any atom is -0.378 e. The van der Waals surface area contributed by atoms with E-state index in [1.54, 1.807) is 4.57 Å². The standard InChI is InChI=1S/C24H19Br2N3O2/c25-17-14-18-22(19(26)15-17)27-23(16-6-2-1-3-7-16)29(24(18)30)21-9-5-4-8-20(21)28-10-12-31-13-11-28/h1-9,14-15H,10-13H2. The molecular formula is C24H19Br2N3O2. The number of para-hydroxylation sites is 2. The molecule has 1 saturated heterocycles. The van der Waals surface area contributed by atoms with Gasteiger partial charge in [-0.2, -0.15) is 0 Å². The maximum Gasteiger partial charge on any atom is 0.266 e. The molecule has 2 heterocycles. The van der Waals surface area contributed by atoms with Gasteiger partial charge in [0.15, 0.2) is 0 Å². The van der Waals surface area contributed by atoms with Crippen molar-refractivity contribution in [2.24, 2.45) is 0 Å². The molecule has 5 nitrogen and oxygen atoms in total. The van der Waals surface area contributed by atoms with Gasteiger partial charge in [0.25, 0.3) is 5.56 Å². The number of morpholine rings is 1. The van der Waals surface area contributed by atoms with Gasteiger partial charge >= 0.3 is 0 Å². The van der Waals surface area contributed by atoms with Gasteiger partial charge in [0.05, 0.1) is 35.5 Å². The van der Waals surface area contributed by atoms with Crippen LogP contribution in [0.1, 0.15) is 0 Å². The van der Waals surface area contributed by atoms with E-state index in [-0.39, 0.29) is 5.56 Å². The Morgan fingerprint density at radius 3 is 2.29 bits per heavy atom. The molecule has 31 heavy (non-hydrogen) atoms. The van der Waals surface area contributed by atoms with E-state index in [1.165, 1.54) is 0 Å². The highest BCUT2D eigenvalue weighted by molar-refractivity contribution is 9.11. The number of rotatable bonds is 3. The predicted octanol–water partition coefficient (Wildman–Crippen LogP) is 5.41. The predicted molar refractivity (Wildman–Crippen MR) is 131 cm³/mol. The molecule has 1 fully saturated rings. The summed E-state index contributed by atoms with van der Waals surface area (Å²) < 4.78 is 8.87. The van der Waals surface area contributed by atoms with Crippen LogP contribution >= 0.6 is 31.9 Å². The van der Waals surface area contributed by atoms with Crippen molar-refractivity contribution in [2.45, 2.75) is 0 Å². The summed E-state index contributed by atoms with van der Waals surface area (Å²) in [5.74, 6) is 0.613. The first-order valence-electron chi connectivity index (χ1n) is 10.0. The molecule has 0 aliphatic carbocycles. The van der Waals surface area contributed by atoms with E-state index in [1.807, 2.05) is 60.7 Å². The minimum absolute atomic E-state index is 0.105. The van der Waals surface area contributed by atoms with Crippen molar-refractivity contribution < 1.29 is 4.74 Å². The number of ether oxygens (including phenoxy) is 1. The summed E-state index contributed by atoms with van der Waals surface area (Å²) in [6.45, 7) is 2.91. The van der Waals surface area contributed by atoms with Gasteiger partial charge in [-0.15, -0.1) is 0 Å². The summed E-state index contributed by atoms with van der Waals surface area (Å²) in [5.41, 5.74) is 3.24. The average Bonchev–Trinajstić information content (AvgIpc) is 2.81. The van der Waals surface area contributed by atoms with Crippen molar-refractivity contribution in [3.63, 3.8) is 0 Å². The van der Waals surface area contributed by atoms with E-state index in [0.717, 1.165) is 39.0 Å². The summed E-state index contributed by atoms with van der Waals surface area (Å²) in [7, 11) is 0. The van der Waals surface area contributed by atoms with E-state index in [2.05, 4.69) is 42.8 Å². The quantitative estimate of drug-likeness (QED) is 0.348. The van der Waals surface area contributed by atoms with Gasteiger partial charge in [-0.25, -0.2) is 4.98 Å². The Hall–Kier alpha value is -2.48. The van der Waals surface area contributed by atoms with Crippen LogP contribution in [0.4, 0.5) is 5.69 Å². The van der Waals surface area contributed by atoms with E-state index in [0.29, 0.717) is 29.9 Å². The van der Waals surface area contributed by atoms with Gasteiger partial charge in [0.1, 0.15) is 5.82 Å². The number of anilines is 1. The second-order valence-electron chi connectivity index (χ2n) is 7.31. The number of nitrogens with zero attached hydrogens (tertiary/aromatic N) is 3. The summed E-state index contributed by atoms with van der Waals surface area (Å²) in [6, 6.07) is 21.6. The molecule has 0 saturated carbocycles. The molecule has 1 aliphatic rings. The summed E-state index contributed by atoms with van der Waals surface area (Å²) >= 11 is 7.09. The minimum atomic E-state index is -0.105. The first-order chi connectivity index (χ1) is 15.1. The number of fused-ring (bicyclic) bond motifs is 1. The molecule has 0 N–H and O–H groups in total. The van der Waals surface area contributed by atoms with Crippen LogP contribution in [0.5, 0.6) is 0 Å². The van der Waals surface area contributed by atoms with E-state index < -0.39 is 0 Å². The van der Waals surface area contributed by atoms with Gasteiger partial charge in [-0.1, -0.05) is 58.4 Å².